The summed E-state index contributed by atoms with van der Waals surface area (Å²) in [4.78, 5) is 24.2. The van der Waals surface area contributed by atoms with Crippen molar-refractivity contribution in [3.8, 4) is 5.75 Å². The maximum Gasteiger partial charge on any atom is 0.337 e. The van der Waals surface area contributed by atoms with E-state index >= 15 is 0 Å². The second-order valence-electron chi connectivity index (χ2n) is 8.15. The van der Waals surface area contributed by atoms with Crippen LogP contribution in [0.2, 0.25) is 0 Å². The molecule has 0 bridgehead atoms. The van der Waals surface area contributed by atoms with Gasteiger partial charge in [0.05, 0.1) is 19.8 Å². The lowest BCUT2D eigenvalue weighted by atomic mass is 10.00. The van der Waals surface area contributed by atoms with Crippen LogP contribution in [0.1, 0.15) is 47.3 Å². The summed E-state index contributed by atoms with van der Waals surface area (Å²) >= 11 is 0. The predicted octanol–water partition coefficient (Wildman–Crippen LogP) is 5.14. The molecule has 34 heavy (non-hydrogen) atoms. The van der Waals surface area contributed by atoms with Crippen molar-refractivity contribution in [2.45, 2.75) is 33.2 Å². The number of allylic oxidation sites excluding steroid dienone is 1. The van der Waals surface area contributed by atoms with Gasteiger partial charge in [-0.2, -0.15) is 0 Å². The molecular formula is C28H32N2O4. The molecule has 178 valence electrons. The molecule has 3 aromatic rings. The third kappa shape index (κ3) is 5.57. The second-order valence-corrected chi connectivity index (χ2v) is 8.15. The number of rotatable bonds is 10. The number of methoxy groups -OCH3 is 2. The highest BCUT2D eigenvalue weighted by molar-refractivity contribution is 5.98. The van der Waals surface area contributed by atoms with Gasteiger partial charge in [0.2, 0.25) is 5.91 Å². The zero-order valence-corrected chi connectivity index (χ0v) is 20.3. The monoisotopic (exact) mass is 460 g/mol. The van der Waals surface area contributed by atoms with E-state index in [1.54, 1.807) is 19.2 Å². The van der Waals surface area contributed by atoms with Gasteiger partial charge in [-0.05, 0) is 60.4 Å². The Bertz CT molecular complexity index is 1240. The third-order valence-electron chi connectivity index (χ3n) is 5.68. The van der Waals surface area contributed by atoms with Gasteiger partial charge in [-0.15, -0.1) is 6.58 Å². The van der Waals surface area contributed by atoms with Crippen LogP contribution >= 0.6 is 0 Å². The van der Waals surface area contributed by atoms with E-state index in [1.807, 2.05) is 38.1 Å². The van der Waals surface area contributed by atoms with Crippen LogP contribution in [-0.2, 0) is 22.5 Å². The summed E-state index contributed by atoms with van der Waals surface area (Å²) in [5.74, 6) is 0.177. The number of hydrogen-bond acceptors (Lipinski definition) is 4. The lowest BCUT2D eigenvalue weighted by Crippen LogP contribution is -2.24. The Balaban J connectivity index is 2.02. The number of amides is 1. The molecule has 2 aromatic carbocycles. The minimum Gasteiger partial charge on any atom is -0.496 e. The number of aromatic nitrogens is 1. The lowest BCUT2D eigenvalue weighted by Gasteiger charge is -2.10. The number of esters is 1. The minimum atomic E-state index is -0.401. The topological polar surface area (TPSA) is 69.6 Å². The van der Waals surface area contributed by atoms with Crippen LogP contribution in [0.15, 0.2) is 60.8 Å². The largest absolute Gasteiger partial charge is 0.496 e. The Labute approximate surface area is 200 Å². The average Bonchev–Trinajstić information content (AvgIpc) is 3.18. The number of fused-ring (bicyclic) bond motifs is 1. The highest BCUT2D eigenvalue weighted by atomic mass is 16.5. The van der Waals surface area contributed by atoms with Crippen LogP contribution in [0.4, 0.5) is 0 Å². The quantitative estimate of drug-likeness (QED) is 0.258. The normalized spacial score (nSPS) is 11.4. The lowest BCUT2D eigenvalue weighted by molar-refractivity contribution is -0.117. The number of carbonyl (C=O) groups excluding carboxylic acids is 2. The van der Waals surface area contributed by atoms with Gasteiger partial charge in [-0.25, -0.2) is 4.79 Å². The summed E-state index contributed by atoms with van der Waals surface area (Å²) in [5, 5.41) is 4.01. The van der Waals surface area contributed by atoms with E-state index in [1.165, 1.54) is 7.11 Å². The molecule has 1 heterocycles. The summed E-state index contributed by atoms with van der Waals surface area (Å²) in [6.45, 7) is 9.08. The maximum absolute atomic E-state index is 12.3. The molecular weight excluding hydrogens is 428 g/mol. The molecule has 3 rings (SSSR count). The first-order valence-corrected chi connectivity index (χ1v) is 11.4. The van der Waals surface area contributed by atoms with E-state index < -0.39 is 5.97 Å². The van der Waals surface area contributed by atoms with Crippen molar-refractivity contribution in [3.63, 3.8) is 0 Å². The SMILES string of the molecule is C=CCn1cc(Cc2ccc(C(=O)OC)cc2OC)c2cc(/C=C(\C)C(=O)NCCC)ccc21. The zero-order chi connectivity index (χ0) is 24.7. The molecule has 0 fully saturated rings. The van der Waals surface area contributed by atoms with Gasteiger partial charge in [-0.1, -0.05) is 25.1 Å². The molecule has 1 aromatic heterocycles. The molecule has 0 radical (unpaired) electrons. The molecule has 0 unspecified atom stereocenters. The molecule has 1 N–H and O–H groups in total. The fraction of sp³-hybridized carbons (Fsp3) is 0.286. The van der Waals surface area contributed by atoms with Gasteiger partial charge in [-0.3, -0.25) is 4.79 Å². The minimum absolute atomic E-state index is 0.0539. The Kier molecular flexibility index (Phi) is 8.30. The van der Waals surface area contributed by atoms with Gasteiger partial charge in [0.25, 0.3) is 0 Å². The summed E-state index contributed by atoms with van der Waals surface area (Å²) in [6, 6.07) is 11.6. The Morgan fingerprint density at radius 2 is 1.91 bits per heavy atom. The van der Waals surface area contributed by atoms with Crippen LogP contribution in [0.3, 0.4) is 0 Å². The Morgan fingerprint density at radius 1 is 1.12 bits per heavy atom. The van der Waals surface area contributed by atoms with E-state index in [0.717, 1.165) is 34.0 Å². The fourth-order valence-corrected chi connectivity index (χ4v) is 3.94. The molecule has 0 spiro atoms. The van der Waals surface area contributed by atoms with Crippen molar-refractivity contribution in [1.82, 2.24) is 9.88 Å². The smallest absolute Gasteiger partial charge is 0.337 e. The Morgan fingerprint density at radius 3 is 2.59 bits per heavy atom. The average molecular weight is 461 g/mol. The Hall–Kier alpha value is -3.80. The van der Waals surface area contributed by atoms with Gasteiger partial charge in [0.15, 0.2) is 0 Å². The van der Waals surface area contributed by atoms with Gasteiger partial charge < -0.3 is 19.4 Å². The van der Waals surface area contributed by atoms with E-state index in [4.69, 9.17) is 9.47 Å². The molecule has 1 amide bonds. The van der Waals surface area contributed by atoms with Gasteiger partial charge in [0, 0.05) is 42.2 Å². The maximum atomic E-state index is 12.3. The van der Waals surface area contributed by atoms with Crippen molar-refractivity contribution >= 4 is 28.9 Å². The predicted molar refractivity (Wildman–Crippen MR) is 136 cm³/mol. The van der Waals surface area contributed by atoms with E-state index in [9.17, 15) is 9.59 Å². The molecule has 0 saturated carbocycles. The molecule has 0 aliphatic rings. The number of nitrogens with one attached hydrogen (secondary N) is 1. The third-order valence-corrected chi connectivity index (χ3v) is 5.68. The summed E-state index contributed by atoms with van der Waals surface area (Å²) in [6.07, 6.45) is 7.41. The number of ether oxygens (including phenoxy) is 2. The molecule has 6 nitrogen and oxygen atoms in total. The van der Waals surface area contributed by atoms with Crippen LogP contribution in [0, 0.1) is 0 Å². The van der Waals surface area contributed by atoms with Gasteiger partial charge >= 0.3 is 5.97 Å². The first-order valence-electron chi connectivity index (χ1n) is 11.4. The zero-order valence-electron chi connectivity index (χ0n) is 20.3. The van der Waals surface area contributed by atoms with E-state index in [2.05, 4.69) is 34.8 Å². The number of benzene rings is 2. The summed E-state index contributed by atoms with van der Waals surface area (Å²) in [5.41, 5.74) is 5.24. The highest BCUT2D eigenvalue weighted by Gasteiger charge is 2.15. The highest BCUT2D eigenvalue weighted by Crippen LogP contribution is 2.30. The van der Waals surface area contributed by atoms with Crippen molar-refractivity contribution in [3.05, 3.63) is 83.1 Å². The number of hydrogen-bond donors (Lipinski definition) is 1. The standard InChI is InChI=1S/C28H32N2O4/c1-6-12-29-27(31)19(3)14-20-8-11-25-24(15-20)23(18-30(25)13-7-2)16-21-9-10-22(28(32)34-5)17-26(21)33-4/h7-11,14-15,17-18H,2,6,12-13,16H2,1,3-5H3,(H,29,31)/b19-14+. The van der Waals surface area contributed by atoms with Crippen LogP contribution < -0.4 is 10.1 Å². The van der Waals surface area contributed by atoms with Crippen molar-refractivity contribution in [2.75, 3.05) is 20.8 Å². The van der Waals surface area contributed by atoms with Crippen LogP contribution in [-0.4, -0.2) is 37.2 Å². The van der Waals surface area contributed by atoms with Crippen molar-refractivity contribution in [1.29, 1.82) is 0 Å². The molecule has 0 aliphatic carbocycles. The molecule has 0 saturated heterocycles. The second kappa shape index (κ2) is 11.4. The van der Waals surface area contributed by atoms with Crippen molar-refractivity contribution in [2.24, 2.45) is 0 Å². The molecule has 6 heteroatoms. The molecule has 0 atom stereocenters. The number of carbonyl (C=O) groups is 2. The number of nitrogens with zero attached hydrogens (tertiary/aromatic N) is 1. The first kappa shape index (κ1) is 24.8. The van der Waals surface area contributed by atoms with Gasteiger partial charge in [0.1, 0.15) is 5.75 Å². The van der Waals surface area contributed by atoms with Crippen LogP contribution in [0.5, 0.6) is 5.75 Å². The molecule has 0 aliphatic heterocycles. The first-order chi connectivity index (χ1) is 16.4. The van der Waals surface area contributed by atoms with E-state index in [-0.39, 0.29) is 5.91 Å². The fourth-order valence-electron chi connectivity index (χ4n) is 3.94. The summed E-state index contributed by atoms with van der Waals surface area (Å²) < 4.78 is 12.5. The summed E-state index contributed by atoms with van der Waals surface area (Å²) in [7, 11) is 2.95. The van der Waals surface area contributed by atoms with Crippen molar-refractivity contribution < 1.29 is 19.1 Å². The van der Waals surface area contributed by atoms with Crippen LogP contribution in [0.25, 0.3) is 17.0 Å². The van der Waals surface area contributed by atoms with E-state index in [0.29, 0.717) is 36.4 Å².